The van der Waals surface area contributed by atoms with E-state index in [2.05, 4.69) is 10.3 Å². The molecule has 0 spiro atoms. The second-order valence-corrected chi connectivity index (χ2v) is 5.89. The number of hydrogen-bond acceptors (Lipinski definition) is 4. The molecule has 2 amide bonds. The van der Waals surface area contributed by atoms with E-state index in [-0.39, 0.29) is 11.8 Å². The maximum Gasteiger partial charge on any atom is 0.253 e. The molecular formula is C18H21N3O4. The Kier molecular flexibility index (Phi) is 4.65. The zero-order chi connectivity index (χ0) is 18.0. The Labute approximate surface area is 145 Å². The number of rotatable bonds is 5. The minimum atomic E-state index is -0.543. The van der Waals surface area contributed by atoms with Gasteiger partial charge in [-0.2, -0.15) is 0 Å². The Morgan fingerprint density at radius 1 is 1.24 bits per heavy atom. The van der Waals surface area contributed by atoms with Crippen LogP contribution in [0.5, 0.6) is 11.5 Å². The third-order valence-electron chi connectivity index (χ3n) is 4.36. The van der Waals surface area contributed by atoms with Gasteiger partial charge in [0.2, 0.25) is 5.91 Å². The lowest BCUT2D eigenvalue weighted by molar-refractivity contribution is -0.118. The van der Waals surface area contributed by atoms with Gasteiger partial charge in [0.15, 0.2) is 0 Å². The van der Waals surface area contributed by atoms with Gasteiger partial charge in [-0.3, -0.25) is 9.59 Å². The first-order chi connectivity index (χ1) is 12.0. The predicted octanol–water partition coefficient (Wildman–Crippen LogP) is 1.88. The average molecular weight is 343 g/mol. The van der Waals surface area contributed by atoms with E-state index in [1.54, 1.807) is 49.6 Å². The van der Waals surface area contributed by atoms with Crippen molar-refractivity contribution >= 4 is 17.5 Å². The number of ether oxygens (including phenoxy) is 2. The van der Waals surface area contributed by atoms with E-state index >= 15 is 0 Å². The maximum absolute atomic E-state index is 12.7. The van der Waals surface area contributed by atoms with Gasteiger partial charge in [0.05, 0.1) is 25.5 Å². The molecule has 0 unspecified atom stereocenters. The lowest BCUT2D eigenvalue weighted by atomic mass is 10.2. The summed E-state index contributed by atoms with van der Waals surface area (Å²) in [5, 5.41) is 2.82. The van der Waals surface area contributed by atoms with Crippen LogP contribution in [0.4, 0.5) is 5.69 Å². The molecule has 0 radical (unpaired) electrons. The Morgan fingerprint density at radius 2 is 1.92 bits per heavy atom. The monoisotopic (exact) mass is 343 g/mol. The van der Waals surface area contributed by atoms with E-state index in [0.717, 1.165) is 5.69 Å². The molecule has 1 aliphatic heterocycles. The Bertz CT molecular complexity index is 777. The fourth-order valence-electron chi connectivity index (χ4n) is 2.95. The average Bonchev–Trinajstić information content (AvgIpc) is 3.20. The summed E-state index contributed by atoms with van der Waals surface area (Å²) in [4.78, 5) is 29.6. The smallest absolute Gasteiger partial charge is 0.253 e. The lowest BCUT2D eigenvalue weighted by Gasteiger charge is -2.19. The highest BCUT2D eigenvalue weighted by Gasteiger charge is 2.34. The van der Waals surface area contributed by atoms with Crippen molar-refractivity contribution in [1.82, 2.24) is 10.3 Å². The molecule has 2 N–H and O–H groups in total. The summed E-state index contributed by atoms with van der Waals surface area (Å²) < 4.78 is 10.5. The number of H-pyrrole nitrogens is 1. The number of methoxy groups -OCH3 is 2. The first kappa shape index (κ1) is 16.9. The molecule has 3 rings (SSSR count). The third kappa shape index (κ3) is 3.31. The van der Waals surface area contributed by atoms with E-state index in [9.17, 15) is 9.59 Å². The van der Waals surface area contributed by atoms with Gasteiger partial charge in [0, 0.05) is 36.6 Å². The van der Waals surface area contributed by atoms with Crippen LogP contribution >= 0.6 is 0 Å². The highest BCUT2D eigenvalue weighted by Crippen LogP contribution is 2.31. The molecule has 132 valence electrons. The number of benzene rings is 1. The molecule has 0 aliphatic carbocycles. The highest BCUT2D eigenvalue weighted by atomic mass is 16.5. The van der Waals surface area contributed by atoms with Crippen LogP contribution in [-0.4, -0.2) is 43.6 Å². The molecule has 1 aromatic heterocycles. The van der Waals surface area contributed by atoms with Crippen molar-refractivity contribution < 1.29 is 19.1 Å². The topological polar surface area (TPSA) is 83.7 Å². The summed E-state index contributed by atoms with van der Waals surface area (Å²) in [6, 6.07) is 6.47. The fraction of sp³-hybridized carbons (Fsp3) is 0.333. The van der Waals surface area contributed by atoms with Gasteiger partial charge >= 0.3 is 0 Å². The molecule has 25 heavy (non-hydrogen) atoms. The van der Waals surface area contributed by atoms with Gasteiger partial charge in [0.25, 0.3) is 5.91 Å². The lowest BCUT2D eigenvalue weighted by Crippen LogP contribution is -2.41. The zero-order valence-corrected chi connectivity index (χ0v) is 14.5. The number of anilines is 1. The number of carbonyl (C=O) groups excluding carboxylic acids is 2. The van der Waals surface area contributed by atoms with Crippen molar-refractivity contribution in [2.75, 3.05) is 25.7 Å². The van der Waals surface area contributed by atoms with Crippen LogP contribution in [0.2, 0.25) is 0 Å². The van der Waals surface area contributed by atoms with Gasteiger partial charge in [-0.25, -0.2) is 0 Å². The standard InChI is InChI=1S/C18H21N3O4/c1-11-15(4-6-19-11)17(22)20-16-5-7-21(18(16)23)12-8-13(24-2)10-14(9-12)25-3/h4,6,8-10,16,19H,5,7H2,1-3H3,(H,20,22)/t16-/m0/s1. The van der Waals surface area contributed by atoms with Crippen LogP contribution in [0.25, 0.3) is 0 Å². The SMILES string of the molecule is COc1cc(OC)cc(N2CC[C@H](NC(=O)c3cc[nH]c3C)C2=O)c1. The molecule has 0 saturated carbocycles. The van der Waals surface area contributed by atoms with E-state index < -0.39 is 6.04 Å². The molecule has 7 nitrogen and oxygen atoms in total. The van der Waals surface area contributed by atoms with Gasteiger partial charge < -0.3 is 24.7 Å². The van der Waals surface area contributed by atoms with Crippen LogP contribution < -0.4 is 19.7 Å². The Balaban J connectivity index is 1.76. The molecule has 2 heterocycles. The first-order valence-corrected chi connectivity index (χ1v) is 8.02. The summed E-state index contributed by atoms with van der Waals surface area (Å²) in [6.07, 6.45) is 2.25. The normalized spacial score (nSPS) is 16.8. The Hall–Kier alpha value is -2.96. The number of nitrogens with one attached hydrogen (secondary N) is 2. The van der Waals surface area contributed by atoms with Crippen LogP contribution in [0.3, 0.4) is 0 Å². The molecule has 7 heteroatoms. The summed E-state index contributed by atoms with van der Waals surface area (Å²) in [6.45, 7) is 2.34. The van der Waals surface area contributed by atoms with Crippen molar-refractivity contribution in [3.05, 3.63) is 41.7 Å². The number of aryl methyl sites for hydroxylation is 1. The van der Waals surface area contributed by atoms with Crippen LogP contribution in [0, 0.1) is 6.92 Å². The van der Waals surface area contributed by atoms with Crippen molar-refractivity contribution in [3.63, 3.8) is 0 Å². The predicted molar refractivity (Wildman–Crippen MR) is 93.3 cm³/mol. The van der Waals surface area contributed by atoms with Gasteiger partial charge in [-0.1, -0.05) is 0 Å². The van der Waals surface area contributed by atoms with E-state index in [0.29, 0.717) is 35.7 Å². The minimum absolute atomic E-state index is 0.142. The molecule has 1 aromatic carbocycles. The summed E-state index contributed by atoms with van der Waals surface area (Å²) in [5.74, 6) is 0.828. The minimum Gasteiger partial charge on any atom is -0.497 e. The number of carbonyl (C=O) groups is 2. The molecule has 0 bridgehead atoms. The third-order valence-corrected chi connectivity index (χ3v) is 4.36. The first-order valence-electron chi connectivity index (χ1n) is 8.02. The molecule has 1 aliphatic rings. The van der Waals surface area contributed by atoms with Crippen molar-refractivity contribution in [1.29, 1.82) is 0 Å². The van der Waals surface area contributed by atoms with Crippen LogP contribution in [0.1, 0.15) is 22.5 Å². The molecule has 2 aromatic rings. The molecule has 1 fully saturated rings. The summed E-state index contributed by atoms with van der Waals surface area (Å²) in [5.41, 5.74) is 2.02. The number of aromatic amines is 1. The van der Waals surface area contributed by atoms with Gasteiger partial charge in [0.1, 0.15) is 17.5 Å². The molecule has 1 atom stereocenters. The maximum atomic E-state index is 12.7. The quantitative estimate of drug-likeness (QED) is 0.868. The van der Waals surface area contributed by atoms with Gasteiger partial charge in [-0.15, -0.1) is 0 Å². The van der Waals surface area contributed by atoms with E-state index in [1.165, 1.54) is 0 Å². The number of aromatic nitrogens is 1. The second kappa shape index (κ2) is 6.88. The van der Waals surface area contributed by atoms with Crippen LogP contribution in [0.15, 0.2) is 30.5 Å². The highest BCUT2D eigenvalue weighted by molar-refractivity contribution is 6.04. The molecular weight excluding hydrogens is 322 g/mol. The number of nitrogens with zero attached hydrogens (tertiary/aromatic N) is 1. The van der Waals surface area contributed by atoms with Crippen molar-refractivity contribution in [2.24, 2.45) is 0 Å². The summed E-state index contributed by atoms with van der Waals surface area (Å²) >= 11 is 0. The van der Waals surface area contributed by atoms with E-state index in [1.807, 2.05) is 6.92 Å². The largest absolute Gasteiger partial charge is 0.497 e. The number of hydrogen-bond donors (Lipinski definition) is 2. The summed E-state index contributed by atoms with van der Waals surface area (Å²) in [7, 11) is 3.12. The van der Waals surface area contributed by atoms with Crippen LogP contribution in [-0.2, 0) is 4.79 Å². The van der Waals surface area contributed by atoms with Crippen molar-refractivity contribution in [3.8, 4) is 11.5 Å². The zero-order valence-electron chi connectivity index (χ0n) is 14.5. The number of amides is 2. The van der Waals surface area contributed by atoms with Crippen molar-refractivity contribution in [2.45, 2.75) is 19.4 Å². The fourth-order valence-corrected chi connectivity index (χ4v) is 2.95. The van der Waals surface area contributed by atoms with Gasteiger partial charge in [-0.05, 0) is 19.4 Å². The Morgan fingerprint density at radius 3 is 2.48 bits per heavy atom. The van der Waals surface area contributed by atoms with E-state index in [4.69, 9.17) is 9.47 Å². The second-order valence-electron chi connectivity index (χ2n) is 5.89. The molecule has 1 saturated heterocycles.